The molecule has 0 aromatic rings. The van der Waals surface area contributed by atoms with E-state index >= 15 is 0 Å². The zero-order valence-electron chi connectivity index (χ0n) is 46.1. The van der Waals surface area contributed by atoms with E-state index in [1.807, 2.05) is 0 Å². The predicted molar refractivity (Wildman–Crippen MR) is 298 cm³/mol. The second-order valence-corrected chi connectivity index (χ2v) is 20.2. The predicted octanol–water partition coefficient (Wildman–Crippen LogP) is 20.2. The van der Waals surface area contributed by atoms with Gasteiger partial charge in [-0.3, -0.25) is 14.4 Å². The number of rotatable bonds is 55. The fraction of sp³-hybridized carbons (Fsp3) is 0.825. The van der Waals surface area contributed by atoms with Crippen molar-refractivity contribution < 1.29 is 28.6 Å². The first kappa shape index (κ1) is 66.4. The van der Waals surface area contributed by atoms with Crippen LogP contribution in [0.5, 0.6) is 0 Å². The van der Waals surface area contributed by atoms with Crippen LogP contribution in [0.25, 0.3) is 0 Å². The number of hydrogen-bond donors (Lipinski definition) is 0. The molecule has 0 fully saturated rings. The maximum absolute atomic E-state index is 12.8. The standard InChI is InChI=1S/C63H114O6/c1-4-7-10-13-16-19-22-24-26-28-29-30-31-32-33-34-35-36-38-39-41-44-47-50-53-56-62(65)68-59-60(58-67-61(64)55-52-49-46-43-21-18-15-12-9-6-3)69-63(66)57-54-51-48-45-42-40-37-27-25-23-20-17-14-11-8-5-2/h7,10,16,19,24,26,29-30,60H,4-6,8-9,11-15,17-18,20-23,25,27-28,31-59H2,1-3H3/b10-7-,19-16-,26-24-,30-29-. The van der Waals surface area contributed by atoms with Crippen molar-refractivity contribution in [3.8, 4) is 0 Å². The molecule has 0 aliphatic rings. The molecule has 0 N–H and O–H groups in total. The van der Waals surface area contributed by atoms with Crippen molar-refractivity contribution >= 4 is 17.9 Å². The Labute approximate surface area is 428 Å². The van der Waals surface area contributed by atoms with Crippen molar-refractivity contribution in [1.29, 1.82) is 0 Å². The summed E-state index contributed by atoms with van der Waals surface area (Å²) in [5.74, 6) is -0.853. The molecule has 0 aliphatic carbocycles. The molecular weight excluding hydrogens is 853 g/mol. The number of hydrogen-bond acceptors (Lipinski definition) is 6. The van der Waals surface area contributed by atoms with Gasteiger partial charge in [0.2, 0.25) is 0 Å². The van der Waals surface area contributed by atoms with Crippen LogP contribution in [0.15, 0.2) is 48.6 Å². The summed E-state index contributed by atoms with van der Waals surface area (Å²) >= 11 is 0. The Balaban J connectivity index is 4.20. The summed E-state index contributed by atoms with van der Waals surface area (Å²) in [6, 6.07) is 0. The zero-order valence-corrected chi connectivity index (χ0v) is 46.1. The van der Waals surface area contributed by atoms with Gasteiger partial charge in [0.25, 0.3) is 0 Å². The Kier molecular flexibility index (Phi) is 55.7. The van der Waals surface area contributed by atoms with Gasteiger partial charge < -0.3 is 14.2 Å². The quantitative estimate of drug-likeness (QED) is 0.0262. The van der Waals surface area contributed by atoms with E-state index < -0.39 is 6.10 Å². The summed E-state index contributed by atoms with van der Waals surface area (Å²) in [6.07, 6.45) is 71.1. The third kappa shape index (κ3) is 56.2. The van der Waals surface area contributed by atoms with Gasteiger partial charge in [-0.05, 0) is 57.8 Å². The molecule has 402 valence electrons. The summed E-state index contributed by atoms with van der Waals surface area (Å²) in [6.45, 7) is 6.56. The Bertz CT molecular complexity index is 1200. The molecule has 1 atom stereocenters. The van der Waals surface area contributed by atoms with Crippen LogP contribution in [0.2, 0.25) is 0 Å². The Morgan fingerprint density at radius 2 is 0.565 bits per heavy atom. The van der Waals surface area contributed by atoms with Crippen molar-refractivity contribution in [2.75, 3.05) is 13.2 Å². The molecule has 0 heterocycles. The summed E-state index contributed by atoms with van der Waals surface area (Å²) < 4.78 is 16.9. The first-order chi connectivity index (χ1) is 34.0. The topological polar surface area (TPSA) is 78.9 Å². The van der Waals surface area contributed by atoms with Crippen LogP contribution in [0.1, 0.15) is 316 Å². The van der Waals surface area contributed by atoms with E-state index in [0.717, 1.165) is 83.5 Å². The molecule has 6 heteroatoms. The van der Waals surface area contributed by atoms with Crippen molar-refractivity contribution in [3.63, 3.8) is 0 Å². The van der Waals surface area contributed by atoms with Gasteiger partial charge in [-0.15, -0.1) is 0 Å². The summed E-state index contributed by atoms with van der Waals surface area (Å²) in [7, 11) is 0. The Hall–Kier alpha value is -2.63. The summed E-state index contributed by atoms with van der Waals surface area (Å²) in [4.78, 5) is 38.1. The molecule has 0 amide bonds. The van der Waals surface area contributed by atoms with E-state index in [9.17, 15) is 14.4 Å². The van der Waals surface area contributed by atoms with Gasteiger partial charge in [0.15, 0.2) is 6.10 Å². The highest BCUT2D eigenvalue weighted by Gasteiger charge is 2.19. The number of esters is 3. The molecule has 1 unspecified atom stereocenters. The Morgan fingerprint density at radius 3 is 0.884 bits per heavy atom. The van der Waals surface area contributed by atoms with Crippen LogP contribution in [0.3, 0.4) is 0 Å². The number of unbranched alkanes of at least 4 members (excludes halogenated alkanes) is 36. The lowest BCUT2D eigenvalue weighted by molar-refractivity contribution is -0.167. The van der Waals surface area contributed by atoms with Crippen LogP contribution >= 0.6 is 0 Å². The number of ether oxygens (including phenoxy) is 3. The second-order valence-electron chi connectivity index (χ2n) is 20.2. The van der Waals surface area contributed by atoms with E-state index in [-0.39, 0.29) is 31.1 Å². The first-order valence-electron chi connectivity index (χ1n) is 30.1. The van der Waals surface area contributed by atoms with Crippen molar-refractivity contribution in [1.82, 2.24) is 0 Å². The van der Waals surface area contributed by atoms with Crippen LogP contribution in [-0.4, -0.2) is 37.2 Å². The minimum Gasteiger partial charge on any atom is -0.462 e. The zero-order chi connectivity index (χ0) is 50.0. The third-order valence-corrected chi connectivity index (χ3v) is 13.3. The molecule has 0 aliphatic heterocycles. The molecule has 0 bridgehead atoms. The van der Waals surface area contributed by atoms with Crippen molar-refractivity contribution in [3.05, 3.63) is 48.6 Å². The third-order valence-electron chi connectivity index (χ3n) is 13.3. The van der Waals surface area contributed by atoms with Crippen molar-refractivity contribution in [2.45, 2.75) is 322 Å². The van der Waals surface area contributed by atoms with Gasteiger partial charge in [-0.25, -0.2) is 0 Å². The average Bonchev–Trinajstić information content (AvgIpc) is 3.35. The summed E-state index contributed by atoms with van der Waals surface area (Å²) in [5, 5.41) is 0. The first-order valence-corrected chi connectivity index (χ1v) is 30.1. The number of allylic oxidation sites excluding steroid dienone is 8. The highest BCUT2D eigenvalue weighted by Crippen LogP contribution is 2.17. The minimum absolute atomic E-state index is 0.0682. The molecule has 0 spiro atoms. The molecule has 6 nitrogen and oxygen atoms in total. The number of carbonyl (C=O) groups is 3. The minimum atomic E-state index is -0.768. The smallest absolute Gasteiger partial charge is 0.306 e. The van der Waals surface area contributed by atoms with Gasteiger partial charge in [-0.2, -0.15) is 0 Å². The maximum Gasteiger partial charge on any atom is 0.306 e. The molecule has 0 radical (unpaired) electrons. The molecule has 0 saturated carbocycles. The van der Waals surface area contributed by atoms with E-state index in [2.05, 4.69) is 69.4 Å². The molecule has 0 rings (SSSR count). The maximum atomic E-state index is 12.8. The molecule has 0 aromatic carbocycles. The molecule has 0 aromatic heterocycles. The molecule has 0 saturated heterocycles. The van der Waals surface area contributed by atoms with Gasteiger partial charge in [-0.1, -0.05) is 288 Å². The van der Waals surface area contributed by atoms with Crippen molar-refractivity contribution in [2.24, 2.45) is 0 Å². The second kappa shape index (κ2) is 57.9. The van der Waals surface area contributed by atoms with Crippen LogP contribution in [0.4, 0.5) is 0 Å². The van der Waals surface area contributed by atoms with E-state index in [1.165, 1.54) is 193 Å². The van der Waals surface area contributed by atoms with Gasteiger partial charge in [0.05, 0.1) is 0 Å². The lowest BCUT2D eigenvalue weighted by atomic mass is 10.0. The lowest BCUT2D eigenvalue weighted by Gasteiger charge is -2.18. The largest absolute Gasteiger partial charge is 0.462 e. The SMILES string of the molecule is CC/C=C\C/C=C\C/C=C\C/C=C\CCCCCCCCCCCCCCC(=O)OCC(COC(=O)CCCCCCCCCCCC)OC(=O)CCCCCCCCCCCCCCCCCC. The highest BCUT2D eigenvalue weighted by atomic mass is 16.6. The van der Waals surface area contributed by atoms with Crippen LogP contribution < -0.4 is 0 Å². The van der Waals surface area contributed by atoms with Gasteiger partial charge in [0.1, 0.15) is 13.2 Å². The van der Waals surface area contributed by atoms with E-state index in [4.69, 9.17) is 14.2 Å². The van der Waals surface area contributed by atoms with Crippen LogP contribution in [-0.2, 0) is 28.6 Å². The number of carbonyl (C=O) groups excluding carboxylic acids is 3. The van der Waals surface area contributed by atoms with Gasteiger partial charge in [0, 0.05) is 19.3 Å². The Morgan fingerprint density at radius 1 is 0.304 bits per heavy atom. The highest BCUT2D eigenvalue weighted by molar-refractivity contribution is 5.71. The average molecular weight is 968 g/mol. The molecular formula is C63H114O6. The lowest BCUT2D eigenvalue weighted by Crippen LogP contribution is -2.30. The summed E-state index contributed by atoms with van der Waals surface area (Å²) in [5.41, 5.74) is 0. The normalized spacial score (nSPS) is 12.3. The monoisotopic (exact) mass is 967 g/mol. The fourth-order valence-corrected chi connectivity index (χ4v) is 8.85. The van der Waals surface area contributed by atoms with E-state index in [0.29, 0.717) is 19.3 Å². The van der Waals surface area contributed by atoms with E-state index in [1.54, 1.807) is 0 Å². The fourth-order valence-electron chi connectivity index (χ4n) is 8.85. The molecule has 69 heavy (non-hydrogen) atoms. The van der Waals surface area contributed by atoms with Crippen LogP contribution in [0, 0.1) is 0 Å². The van der Waals surface area contributed by atoms with Gasteiger partial charge >= 0.3 is 17.9 Å².